The molecular weight excluding hydrogens is 231 g/mol. The summed E-state index contributed by atoms with van der Waals surface area (Å²) in [6, 6.07) is 0. The van der Waals surface area contributed by atoms with Crippen LogP contribution < -0.4 is 0 Å². The van der Waals surface area contributed by atoms with Gasteiger partial charge in [-0.1, -0.05) is 23.2 Å². The smallest absolute Gasteiger partial charge is 0.308 e. The molecule has 0 fully saturated rings. The van der Waals surface area contributed by atoms with E-state index in [0.717, 1.165) is 0 Å². The molecule has 0 heterocycles. The van der Waals surface area contributed by atoms with Crippen molar-refractivity contribution < 1.29 is 19.4 Å². The summed E-state index contributed by atoms with van der Waals surface area (Å²) in [5, 5.41) is 9.41. The molecule has 78 valence electrons. The molecule has 0 aromatic heterocycles. The Balaban J connectivity index is 2.88. The topological polar surface area (TPSA) is 63.6 Å². The fraction of sp³-hybridized carbons (Fsp3) is 0.500. The normalized spacial score (nSPS) is 27.0. The van der Waals surface area contributed by atoms with E-state index >= 15 is 0 Å². The number of carbonyl (C=O) groups is 2. The van der Waals surface area contributed by atoms with E-state index in [0.29, 0.717) is 0 Å². The number of ether oxygens (including phenoxy) is 1. The zero-order valence-electron chi connectivity index (χ0n) is 7.34. The molecule has 1 unspecified atom stereocenters. The highest BCUT2D eigenvalue weighted by atomic mass is 35.5. The van der Waals surface area contributed by atoms with E-state index in [9.17, 15) is 14.7 Å². The molecule has 1 aliphatic carbocycles. The summed E-state index contributed by atoms with van der Waals surface area (Å²) in [5.74, 6) is -1.12. The van der Waals surface area contributed by atoms with Crippen LogP contribution in [0.1, 0.15) is 12.8 Å². The van der Waals surface area contributed by atoms with E-state index in [1.165, 1.54) is 7.11 Å². The Labute approximate surface area is 90.4 Å². The third-order valence-electron chi connectivity index (χ3n) is 1.96. The molecule has 6 heteroatoms. The van der Waals surface area contributed by atoms with Crippen LogP contribution in [-0.2, 0) is 14.3 Å². The Morgan fingerprint density at radius 2 is 2.21 bits per heavy atom. The lowest BCUT2D eigenvalue weighted by Gasteiger charge is -2.20. The van der Waals surface area contributed by atoms with Gasteiger partial charge in [-0.2, -0.15) is 0 Å². The Morgan fingerprint density at radius 3 is 2.57 bits per heavy atom. The van der Waals surface area contributed by atoms with Gasteiger partial charge in [-0.15, -0.1) is 0 Å². The molecule has 0 aromatic carbocycles. The van der Waals surface area contributed by atoms with Crippen LogP contribution in [0.15, 0.2) is 10.1 Å². The number of ketones is 1. The molecule has 1 aliphatic rings. The maximum absolute atomic E-state index is 11.1. The number of rotatable bonds is 2. The quantitative estimate of drug-likeness (QED) is 0.728. The number of carbonyl (C=O) groups excluding carboxylic acids is 2. The molecular formula is C8H8Cl2O4. The fourth-order valence-corrected chi connectivity index (χ4v) is 1.68. The summed E-state index contributed by atoms with van der Waals surface area (Å²) < 4.78 is 4.36. The maximum atomic E-state index is 11.1. The Kier molecular flexibility index (Phi) is 3.19. The minimum Gasteiger partial charge on any atom is -0.469 e. The highest BCUT2D eigenvalue weighted by Crippen LogP contribution is 2.40. The summed E-state index contributed by atoms with van der Waals surface area (Å²) in [7, 11) is 1.18. The molecule has 14 heavy (non-hydrogen) atoms. The first kappa shape index (κ1) is 11.5. The number of aliphatic hydroxyl groups is 1. The number of Topliss-reactive ketones (excluding diaryl/α,β-unsaturated/α-hetero) is 1. The van der Waals surface area contributed by atoms with Gasteiger partial charge < -0.3 is 9.84 Å². The molecule has 4 nitrogen and oxygen atoms in total. The summed E-state index contributed by atoms with van der Waals surface area (Å²) in [4.78, 5) is 22.0. The number of halogens is 2. The van der Waals surface area contributed by atoms with Gasteiger partial charge in [0.1, 0.15) is 10.6 Å². The van der Waals surface area contributed by atoms with Gasteiger partial charge in [-0.05, 0) is 0 Å². The van der Waals surface area contributed by atoms with Crippen molar-refractivity contribution in [2.24, 2.45) is 0 Å². The Morgan fingerprint density at radius 1 is 1.64 bits per heavy atom. The fourth-order valence-electron chi connectivity index (χ4n) is 1.20. The van der Waals surface area contributed by atoms with Crippen molar-refractivity contribution in [3.05, 3.63) is 10.1 Å². The van der Waals surface area contributed by atoms with Crippen LogP contribution in [0.2, 0.25) is 0 Å². The SMILES string of the molecule is COC(=O)CC1(O)CC(=O)C(Cl)=C1Cl. The van der Waals surface area contributed by atoms with Gasteiger partial charge in [0.15, 0.2) is 5.78 Å². The van der Waals surface area contributed by atoms with Crippen LogP contribution in [0.25, 0.3) is 0 Å². The van der Waals surface area contributed by atoms with Crippen molar-refractivity contribution >= 4 is 35.0 Å². The van der Waals surface area contributed by atoms with Crippen molar-refractivity contribution in [2.75, 3.05) is 7.11 Å². The number of hydrogen-bond donors (Lipinski definition) is 1. The average Bonchev–Trinajstić information content (AvgIpc) is 2.30. The summed E-state index contributed by atoms with van der Waals surface area (Å²) in [5.41, 5.74) is -1.69. The van der Waals surface area contributed by atoms with Gasteiger partial charge in [0.05, 0.1) is 18.6 Å². The van der Waals surface area contributed by atoms with Crippen molar-refractivity contribution in [3.8, 4) is 0 Å². The van der Waals surface area contributed by atoms with Crippen LogP contribution in [0.3, 0.4) is 0 Å². The third-order valence-corrected chi connectivity index (χ3v) is 3.00. The number of methoxy groups -OCH3 is 1. The van der Waals surface area contributed by atoms with Gasteiger partial charge >= 0.3 is 5.97 Å². The van der Waals surface area contributed by atoms with Crippen LogP contribution in [0, 0.1) is 0 Å². The predicted octanol–water partition coefficient (Wildman–Crippen LogP) is 0.943. The molecule has 1 rings (SSSR count). The first-order chi connectivity index (χ1) is 6.40. The minimum atomic E-state index is -1.69. The zero-order chi connectivity index (χ0) is 10.9. The van der Waals surface area contributed by atoms with E-state index < -0.39 is 17.4 Å². The number of esters is 1. The molecule has 1 atom stereocenters. The van der Waals surface area contributed by atoms with Crippen molar-refractivity contribution in [3.63, 3.8) is 0 Å². The summed E-state index contributed by atoms with van der Waals surface area (Å²) in [6.45, 7) is 0. The van der Waals surface area contributed by atoms with E-state index in [2.05, 4.69) is 4.74 Å². The third kappa shape index (κ3) is 1.92. The molecule has 0 aromatic rings. The van der Waals surface area contributed by atoms with Gasteiger partial charge in [-0.25, -0.2) is 0 Å². The van der Waals surface area contributed by atoms with Crippen LogP contribution in [-0.4, -0.2) is 29.6 Å². The van der Waals surface area contributed by atoms with Crippen LogP contribution in [0.4, 0.5) is 0 Å². The second-order valence-corrected chi connectivity index (χ2v) is 3.77. The van der Waals surface area contributed by atoms with Gasteiger partial charge in [0, 0.05) is 6.42 Å². The lowest BCUT2D eigenvalue weighted by molar-refractivity contribution is -0.144. The molecule has 1 N–H and O–H groups in total. The van der Waals surface area contributed by atoms with E-state index in [-0.39, 0.29) is 22.9 Å². The molecule has 0 spiro atoms. The second-order valence-electron chi connectivity index (χ2n) is 3.01. The highest BCUT2D eigenvalue weighted by molar-refractivity contribution is 6.50. The van der Waals surface area contributed by atoms with E-state index in [4.69, 9.17) is 23.2 Å². The maximum Gasteiger partial charge on any atom is 0.308 e. The van der Waals surface area contributed by atoms with Crippen molar-refractivity contribution in [2.45, 2.75) is 18.4 Å². The molecule has 0 saturated heterocycles. The van der Waals surface area contributed by atoms with Crippen molar-refractivity contribution in [1.82, 2.24) is 0 Å². The van der Waals surface area contributed by atoms with Gasteiger partial charge in [0.25, 0.3) is 0 Å². The Bertz CT molecular complexity index is 323. The number of allylic oxidation sites excluding steroid dienone is 1. The molecule has 0 saturated carbocycles. The largest absolute Gasteiger partial charge is 0.469 e. The van der Waals surface area contributed by atoms with Crippen LogP contribution in [0.5, 0.6) is 0 Å². The lowest BCUT2D eigenvalue weighted by atomic mass is 9.99. The standard InChI is InChI=1S/C8H8Cl2O4/c1-14-5(12)3-8(13)2-4(11)6(9)7(8)10/h13H,2-3H2,1H3. The second kappa shape index (κ2) is 3.88. The van der Waals surface area contributed by atoms with Crippen molar-refractivity contribution in [1.29, 1.82) is 0 Å². The zero-order valence-corrected chi connectivity index (χ0v) is 8.85. The summed E-state index contributed by atoms with van der Waals surface area (Å²) >= 11 is 11.1. The summed E-state index contributed by atoms with van der Waals surface area (Å²) in [6.07, 6.45) is -0.649. The van der Waals surface area contributed by atoms with Gasteiger partial charge in [-0.3, -0.25) is 9.59 Å². The molecule has 0 radical (unpaired) electrons. The Hall–Kier alpha value is -0.580. The van der Waals surface area contributed by atoms with E-state index in [1.54, 1.807) is 0 Å². The minimum absolute atomic E-state index is 0.186. The number of hydrogen-bond acceptors (Lipinski definition) is 4. The average molecular weight is 239 g/mol. The molecule has 0 amide bonds. The monoisotopic (exact) mass is 238 g/mol. The first-order valence-corrected chi connectivity index (χ1v) is 4.54. The van der Waals surface area contributed by atoms with Crippen LogP contribution >= 0.6 is 23.2 Å². The highest BCUT2D eigenvalue weighted by Gasteiger charge is 2.44. The lowest BCUT2D eigenvalue weighted by Crippen LogP contribution is -2.31. The van der Waals surface area contributed by atoms with E-state index in [1.807, 2.05) is 0 Å². The molecule has 0 aliphatic heterocycles. The first-order valence-electron chi connectivity index (χ1n) is 3.79. The molecule has 0 bridgehead atoms. The predicted molar refractivity (Wildman–Crippen MR) is 49.9 cm³/mol. The van der Waals surface area contributed by atoms with Gasteiger partial charge in [0.2, 0.25) is 0 Å².